The van der Waals surface area contributed by atoms with Crippen molar-refractivity contribution in [1.82, 2.24) is 4.98 Å². The van der Waals surface area contributed by atoms with Gasteiger partial charge in [0.25, 0.3) is 0 Å². The smallest absolute Gasteiger partial charge is 0.302 e. The number of carbonyl (C=O) groups is 1. The molecule has 29 heavy (non-hydrogen) atoms. The number of amides is 1. The van der Waals surface area contributed by atoms with E-state index in [0.717, 1.165) is 29.9 Å². The molecule has 0 spiro atoms. The van der Waals surface area contributed by atoms with Gasteiger partial charge >= 0.3 is 6.18 Å². The van der Waals surface area contributed by atoms with Crippen molar-refractivity contribution in [1.29, 1.82) is 0 Å². The van der Waals surface area contributed by atoms with Crippen LogP contribution in [0.15, 0.2) is 30.5 Å². The summed E-state index contributed by atoms with van der Waals surface area (Å²) in [4.78, 5) is 16.9. The minimum absolute atomic E-state index is 0.118. The molecule has 0 saturated heterocycles. The largest absolute Gasteiger partial charge is 0.416 e. The number of hydrogen-bond acceptors (Lipinski definition) is 5. The molecule has 1 aliphatic rings. The predicted octanol–water partition coefficient (Wildman–Crippen LogP) is 4.44. The summed E-state index contributed by atoms with van der Waals surface area (Å²) in [5.74, 6) is -0.588. The van der Waals surface area contributed by atoms with Gasteiger partial charge in [0.1, 0.15) is 0 Å². The van der Waals surface area contributed by atoms with Gasteiger partial charge in [-0.25, -0.2) is 13.4 Å². The van der Waals surface area contributed by atoms with Gasteiger partial charge in [-0.1, -0.05) is 25.0 Å². The summed E-state index contributed by atoms with van der Waals surface area (Å²) < 4.78 is 62.3. The number of benzene rings is 1. The van der Waals surface area contributed by atoms with Crippen molar-refractivity contribution in [2.75, 3.05) is 11.1 Å². The molecule has 0 unspecified atom stereocenters. The van der Waals surface area contributed by atoms with Gasteiger partial charge in [0.2, 0.25) is 5.91 Å². The van der Waals surface area contributed by atoms with Crippen LogP contribution < -0.4 is 5.32 Å². The first-order valence-corrected chi connectivity index (χ1v) is 11.8. The van der Waals surface area contributed by atoms with E-state index in [2.05, 4.69) is 10.3 Å². The molecule has 0 aliphatic heterocycles. The van der Waals surface area contributed by atoms with Crippen LogP contribution in [0.2, 0.25) is 0 Å². The van der Waals surface area contributed by atoms with Gasteiger partial charge in [0.15, 0.2) is 15.0 Å². The van der Waals surface area contributed by atoms with E-state index in [4.69, 9.17) is 0 Å². The van der Waals surface area contributed by atoms with Crippen LogP contribution >= 0.6 is 11.3 Å². The molecule has 3 rings (SSSR count). The third-order valence-electron chi connectivity index (χ3n) is 4.88. The maximum atomic E-state index is 12.6. The number of rotatable bonds is 7. The first-order chi connectivity index (χ1) is 13.6. The number of thiazole rings is 1. The Labute approximate surface area is 171 Å². The number of halogens is 3. The fraction of sp³-hybridized carbons (Fsp3) is 0.474. The van der Waals surface area contributed by atoms with Crippen molar-refractivity contribution in [2.45, 2.75) is 50.0 Å². The fourth-order valence-electron chi connectivity index (χ4n) is 3.29. The van der Waals surface area contributed by atoms with Crippen molar-refractivity contribution in [2.24, 2.45) is 0 Å². The lowest BCUT2D eigenvalue weighted by Crippen LogP contribution is -2.24. The first kappa shape index (κ1) is 21.8. The Morgan fingerprint density at radius 3 is 2.45 bits per heavy atom. The van der Waals surface area contributed by atoms with Crippen LogP contribution in [0.5, 0.6) is 0 Å². The summed E-state index contributed by atoms with van der Waals surface area (Å²) in [5.41, 5.74) is -0.00625. The highest BCUT2D eigenvalue weighted by Crippen LogP contribution is 2.30. The van der Waals surface area contributed by atoms with Crippen LogP contribution in [-0.2, 0) is 27.2 Å². The zero-order chi connectivity index (χ0) is 21.1. The second-order valence-corrected chi connectivity index (χ2v) is 10.6. The molecule has 5 nitrogen and oxygen atoms in total. The highest BCUT2D eigenvalue weighted by Gasteiger charge is 2.30. The van der Waals surface area contributed by atoms with Gasteiger partial charge < -0.3 is 5.32 Å². The lowest BCUT2D eigenvalue weighted by Gasteiger charge is -2.10. The summed E-state index contributed by atoms with van der Waals surface area (Å²) in [6.45, 7) is 0. The van der Waals surface area contributed by atoms with Crippen LogP contribution in [0.1, 0.15) is 48.1 Å². The first-order valence-electron chi connectivity index (χ1n) is 9.26. The van der Waals surface area contributed by atoms with E-state index in [0.29, 0.717) is 30.0 Å². The van der Waals surface area contributed by atoms with Gasteiger partial charge in [0.05, 0.1) is 16.6 Å². The zero-order valence-electron chi connectivity index (χ0n) is 15.5. The molecule has 1 saturated carbocycles. The Kier molecular flexibility index (Phi) is 6.62. The average Bonchev–Trinajstić information content (AvgIpc) is 3.32. The molecule has 1 N–H and O–H groups in total. The van der Waals surface area contributed by atoms with Crippen molar-refractivity contribution >= 4 is 32.2 Å². The van der Waals surface area contributed by atoms with E-state index in [1.807, 2.05) is 0 Å². The van der Waals surface area contributed by atoms with Gasteiger partial charge in [-0.3, -0.25) is 4.79 Å². The van der Waals surface area contributed by atoms with Gasteiger partial charge in [-0.05, 0) is 30.5 Å². The lowest BCUT2D eigenvalue weighted by atomic mass is 10.1. The molecular weight excluding hydrogens is 425 g/mol. The molecule has 1 amide bonds. The van der Waals surface area contributed by atoms with Crippen LogP contribution in [0.25, 0.3) is 0 Å². The van der Waals surface area contributed by atoms with Gasteiger partial charge in [-0.2, -0.15) is 13.2 Å². The van der Waals surface area contributed by atoms with E-state index in [-0.39, 0.29) is 17.4 Å². The third kappa shape index (κ3) is 6.02. The maximum Gasteiger partial charge on any atom is 0.416 e. The molecule has 0 bridgehead atoms. The minimum atomic E-state index is -4.37. The van der Waals surface area contributed by atoms with Crippen LogP contribution in [-0.4, -0.2) is 30.3 Å². The van der Waals surface area contributed by atoms with Crippen molar-refractivity contribution < 1.29 is 26.4 Å². The van der Waals surface area contributed by atoms with Crippen molar-refractivity contribution in [3.05, 3.63) is 46.5 Å². The molecule has 158 valence electrons. The lowest BCUT2D eigenvalue weighted by molar-refractivity contribution is -0.137. The molecule has 1 aromatic carbocycles. The number of sulfone groups is 1. The Morgan fingerprint density at radius 1 is 1.17 bits per heavy atom. The van der Waals surface area contributed by atoms with E-state index in [1.165, 1.54) is 23.5 Å². The van der Waals surface area contributed by atoms with Crippen LogP contribution in [0.3, 0.4) is 0 Å². The monoisotopic (exact) mass is 446 g/mol. The minimum Gasteiger partial charge on any atom is -0.302 e. The number of carbonyl (C=O) groups excluding carboxylic acids is 1. The van der Waals surface area contributed by atoms with E-state index in [9.17, 15) is 26.4 Å². The quantitative estimate of drug-likeness (QED) is 0.682. The number of nitrogens with zero attached hydrogens (tertiary/aromatic N) is 1. The fourth-order valence-corrected chi connectivity index (χ4v) is 6.01. The van der Waals surface area contributed by atoms with E-state index < -0.39 is 27.5 Å². The third-order valence-corrected chi connectivity index (χ3v) is 8.06. The maximum absolute atomic E-state index is 12.6. The Hall–Kier alpha value is -1.94. The SMILES string of the molecule is O=C(CCS(=O)(=O)C1CCCC1)Nc1ncc(Cc2ccc(C(F)(F)F)cc2)s1. The molecule has 0 atom stereocenters. The molecule has 1 heterocycles. The molecule has 2 aromatic rings. The molecule has 1 fully saturated rings. The number of hydrogen-bond donors (Lipinski definition) is 1. The summed E-state index contributed by atoms with van der Waals surface area (Å²) in [6.07, 6.45) is 0.620. The highest BCUT2D eigenvalue weighted by molar-refractivity contribution is 7.92. The second-order valence-electron chi connectivity index (χ2n) is 7.07. The van der Waals surface area contributed by atoms with Gasteiger partial charge in [-0.15, -0.1) is 11.3 Å². The van der Waals surface area contributed by atoms with Gasteiger partial charge in [0, 0.05) is 23.9 Å². The van der Waals surface area contributed by atoms with Crippen LogP contribution in [0, 0.1) is 0 Å². The second kappa shape index (κ2) is 8.83. The van der Waals surface area contributed by atoms with Crippen molar-refractivity contribution in [3.8, 4) is 0 Å². The number of aromatic nitrogens is 1. The van der Waals surface area contributed by atoms with E-state index >= 15 is 0 Å². The summed E-state index contributed by atoms with van der Waals surface area (Å²) in [7, 11) is -3.25. The van der Waals surface area contributed by atoms with Crippen molar-refractivity contribution in [3.63, 3.8) is 0 Å². The summed E-state index contributed by atoms with van der Waals surface area (Å²) >= 11 is 1.21. The molecule has 1 aromatic heterocycles. The summed E-state index contributed by atoms with van der Waals surface area (Å²) in [5, 5.41) is 2.61. The van der Waals surface area contributed by atoms with E-state index in [1.54, 1.807) is 6.20 Å². The molecule has 1 aliphatic carbocycles. The molecule has 0 radical (unpaired) electrons. The standard InChI is InChI=1S/C19H21F3N2O3S2/c20-19(21,22)14-7-5-13(6-8-14)11-15-12-23-18(28-15)24-17(25)9-10-29(26,27)16-3-1-2-4-16/h5-8,12,16H,1-4,9-11H2,(H,23,24,25). The summed E-state index contributed by atoms with van der Waals surface area (Å²) in [6, 6.07) is 4.89. The Balaban J connectivity index is 1.51. The highest BCUT2D eigenvalue weighted by atomic mass is 32.2. The average molecular weight is 447 g/mol. The zero-order valence-corrected chi connectivity index (χ0v) is 17.2. The number of anilines is 1. The predicted molar refractivity (Wildman–Crippen MR) is 106 cm³/mol. The topological polar surface area (TPSA) is 76.1 Å². The van der Waals surface area contributed by atoms with Crippen LogP contribution in [0.4, 0.5) is 18.3 Å². The number of nitrogens with one attached hydrogen (secondary N) is 1. The Morgan fingerprint density at radius 2 is 1.83 bits per heavy atom. The number of alkyl halides is 3. The molecule has 10 heteroatoms. The Bertz CT molecular complexity index is 948. The normalized spacial score (nSPS) is 15.6. The molecular formula is C19H21F3N2O3S2.